The molecule has 2 rings (SSSR count). The number of aliphatic hydroxyl groups is 1. The highest BCUT2D eigenvalue weighted by molar-refractivity contribution is 6.31. The highest BCUT2D eigenvalue weighted by Crippen LogP contribution is 2.36. The van der Waals surface area contributed by atoms with Gasteiger partial charge in [-0.05, 0) is 33.2 Å². The molecule has 2 atom stereocenters. The lowest BCUT2D eigenvalue weighted by molar-refractivity contribution is -0.0230. The van der Waals surface area contributed by atoms with Crippen molar-refractivity contribution in [1.29, 1.82) is 0 Å². The lowest BCUT2D eigenvalue weighted by atomic mass is 9.81. The van der Waals surface area contributed by atoms with E-state index in [1.807, 2.05) is 13.8 Å². The number of hydrogen-bond acceptors (Lipinski definition) is 3. The van der Waals surface area contributed by atoms with Crippen molar-refractivity contribution in [2.24, 2.45) is 5.92 Å². The maximum atomic E-state index is 10.8. The average molecular weight is 258 g/mol. The third kappa shape index (κ3) is 2.34. The van der Waals surface area contributed by atoms with Crippen LogP contribution in [-0.2, 0) is 12.1 Å². The Morgan fingerprint density at radius 2 is 2.47 bits per heavy atom. The van der Waals surface area contributed by atoms with E-state index in [0.717, 1.165) is 38.2 Å². The van der Waals surface area contributed by atoms with E-state index in [1.165, 1.54) is 0 Å². The molecule has 2 N–H and O–H groups in total. The van der Waals surface area contributed by atoms with E-state index < -0.39 is 5.60 Å². The number of piperidine rings is 1. The van der Waals surface area contributed by atoms with Gasteiger partial charge >= 0.3 is 0 Å². The number of nitrogens with one attached hydrogen (secondary N) is 1. The normalized spacial score (nSPS) is 24.6. The summed E-state index contributed by atoms with van der Waals surface area (Å²) >= 11 is 6.16. The fourth-order valence-electron chi connectivity index (χ4n) is 2.63. The Bertz CT molecular complexity index is 383. The molecule has 1 aliphatic heterocycles. The van der Waals surface area contributed by atoms with Gasteiger partial charge in [0.2, 0.25) is 0 Å². The molecule has 1 saturated heterocycles. The van der Waals surface area contributed by atoms with Gasteiger partial charge in [-0.3, -0.25) is 4.68 Å². The molecule has 96 valence electrons. The molecular weight excluding hydrogens is 238 g/mol. The summed E-state index contributed by atoms with van der Waals surface area (Å²) in [6.45, 7) is 6.44. The SMILES string of the molecule is CCn1ncc(Cl)c1C(C)(O)C1CCCNC1. The predicted octanol–water partition coefficient (Wildman–Crippen LogP) is 1.76. The Morgan fingerprint density at radius 1 is 1.71 bits per heavy atom. The minimum absolute atomic E-state index is 0.191. The molecule has 2 unspecified atom stereocenters. The summed E-state index contributed by atoms with van der Waals surface area (Å²) in [6.07, 6.45) is 3.73. The molecule has 1 fully saturated rings. The van der Waals surface area contributed by atoms with Crippen LogP contribution in [0.2, 0.25) is 5.02 Å². The molecule has 2 heterocycles. The van der Waals surface area contributed by atoms with Crippen molar-refractivity contribution in [1.82, 2.24) is 15.1 Å². The van der Waals surface area contributed by atoms with Crippen molar-refractivity contribution in [3.8, 4) is 0 Å². The molecule has 0 bridgehead atoms. The second kappa shape index (κ2) is 4.96. The second-order valence-corrected chi connectivity index (χ2v) is 5.25. The van der Waals surface area contributed by atoms with E-state index in [1.54, 1.807) is 10.9 Å². The summed E-state index contributed by atoms with van der Waals surface area (Å²) in [7, 11) is 0. The van der Waals surface area contributed by atoms with Gasteiger partial charge in [-0.2, -0.15) is 5.10 Å². The van der Waals surface area contributed by atoms with Gasteiger partial charge < -0.3 is 10.4 Å². The molecule has 5 heteroatoms. The quantitative estimate of drug-likeness (QED) is 0.868. The summed E-state index contributed by atoms with van der Waals surface area (Å²) in [6, 6.07) is 0. The summed E-state index contributed by atoms with van der Waals surface area (Å²) in [5.74, 6) is 0.191. The molecular formula is C12H20ClN3O. The van der Waals surface area contributed by atoms with E-state index in [4.69, 9.17) is 11.6 Å². The van der Waals surface area contributed by atoms with Crippen molar-refractivity contribution < 1.29 is 5.11 Å². The molecule has 1 aliphatic rings. The van der Waals surface area contributed by atoms with Crippen LogP contribution in [0.5, 0.6) is 0 Å². The fourth-order valence-corrected chi connectivity index (χ4v) is 2.96. The Morgan fingerprint density at radius 3 is 3.06 bits per heavy atom. The second-order valence-electron chi connectivity index (χ2n) is 4.85. The van der Waals surface area contributed by atoms with Crippen molar-refractivity contribution in [3.63, 3.8) is 0 Å². The zero-order valence-corrected chi connectivity index (χ0v) is 11.2. The number of rotatable bonds is 3. The van der Waals surface area contributed by atoms with Gasteiger partial charge in [0.25, 0.3) is 0 Å². The summed E-state index contributed by atoms with van der Waals surface area (Å²) in [4.78, 5) is 0. The van der Waals surface area contributed by atoms with Crippen LogP contribution < -0.4 is 5.32 Å². The van der Waals surface area contributed by atoms with Crippen LogP contribution in [0.1, 0.15) is 32.4 Å². The maximum Gasteiger partial charge on any atom is 0.109 e. The van der Waals surface area contributed by atoms with E-state index in [2.05, 4.69) is 10.4 Å². The molecule has 1 aromatic heterocycles. The van der Waals surface area contributed by atoms with Gasteiger partial charge in [0.15, 0.2) is 0 Å². The molecule has 4 nitrogen and oxygen atoms in total. The first-order valence-corrected chi connectivity index (χ1v) is 6.60. The van der Waals surface area contributed by atoms with Crippen LogP contribution in [0.4, 0.5) is 0 Å². The van der Waals surface area contributed by atoms with E-state index in [0.29, 0.717) is 5.02 Å². The molecule has 0 spiro atoms. The van der Waals surface area contributed by atoms with Gasteiger partial charge in [-0.25, -0.2) is 0 Å². The highest BCUT2D eigenvalue weighted by Gasteiger charge is 2.38. The van der Waals surface area contributed by atoms with Gasteiger partial charge in [0.05, 0.1) is 16.9 Å². The van der Waals surface area contributed by atoms with Gasteiger partial charge in [-0.1, -0.05) is 11.6 Å². The minimum Gasteiger partial charge on any atom is -0.383 e. The standard InChI is InChI=1S/C12H20ClN3O/c1-3-16-11(10(13)8-15-16)12(2,17)9-5-4-6-14-7-9/h8-9,14,17H,3-7H2,1-2H3. The third-order valence-corrected chi connectivity index (χ3v) is 3.94. The Balaban J connectivity index is 2.31. The summed E-state index contributed by atoms with van der Waals surface area (Å²) < 4.78 is 1.79. The van der Waals surface area contributed by atoms with Crippen LogP contribution in [0.25, 0.3) is 0 Å². The molecule has 0 radical (unpaired) electrons. The number of hydrogen-bond donors (Lipinski definition) is 2. The monoisotopic (exact) mass is 257 g/mol. The molecule has 17 heavy (non-hydrogen) atoms. The van der Waals surface area contributed by atoms with Crippen LogP contribution >= 0.6 is 11.6 Å². The Kier molecular flexibility index (Phi) is 3.76. The van der Waals surface area contributed by atoms with Crippen LogP contribution in [-0.4, -0.2) is 28.0 Å². The van der Waals surface area contributed by atoms with Crippen LogP contribution in [0.3, 0.4) is 0 Å². The van der Waals surface area contributed by atoms with Crippen molar-refractivity contribution in [3.05, 3.63) is 16.9 Å². The first-order chi connectivity index (χ1) is 8.07. The fraction of sp³-hybridized carbons (Fsp3) is 0.750. The summed E-state index contributed by atoms with van der Waals surface area (Å²) in [5.41, 5.74) is -0.174. The minimum atomic E-state index is -0.920. The number of halogens is 1. The third-order valence-electron chi connectivity index (χ3n) is 3.67. The molecule has 0 saturated carbocycles. The van der Waals surface area contributed by atoms with Crippen LogP contribution in [0, 0.1) is 5.92 Å². The summed E-state index contributed by atoms with van der Waals surface area (Å²) in [5, 5.41) is 18.9. The molecule has 0 aromatic carbocycles. The van der Waals surface area contributed by atoms with Gasteiger partial charge in [-0.15, -0.1) is 0 Å². The lowest BCUT2D eigenvalue weighted by Crippen LogP contribution is -2.43. The van der Waals surface area contributed by atoms with Crippen molar-refractivity contribution in [2.75, 3.05) is 13.1 Å². The predicted molar refractivity (Wildman–Crippen MR) is 68.1 cm³/mol. The van der Waals surface area contributed by atoms with Gasteiger partial charge in [0.1, 0.15) is 5.60 Å². The number of nitrogens with zero attached hydrogens (tertiary/aromatic N) is 2. The Labute approximate surface area is 107 Å². The highest BCUT2D eigenvalue weighted by atomic mass is 35.5. The van der Waals surface area contributed by atoms with Crippen molar-refractivity contribution in [2.45, 2.75) is 38.8 Å². The number of aromatic nitrogens is 2. The van der Waals surface area contributed by atoms with E-state index >= 15 is 0 Å². The molecule has 0 amide bonds. The van der Waals surface area contributed by atoms with Crippen LogP contribution in [0.15, 0.2) is 6.20 Å². The smallest absolute Gasteiger partial charge is 0.109 e. The average Bonchev–Trinajstić information content (AvgIpc) is 2.72. The topological polar surface area (TPSA) is 50.1 Å². The first-order valence-electron chi connectivity index (χ1n) is 6.22. The first kappa shape index (κ1) is 12.9. The van der Waals surface area contributed by atoms with Crippen molar-refractivity contribution >= 4 is 11.6 Å². The van der Waals surface area contributed by atoms with E-state index in [9.17, 15) is 5.11 Å². The largest absolute Gasteiger partial charge is 0.383 e. The maximum absolute atomic E-state index is 10.8. The number of aryl methyl sites for hydroxylation is 1. The Hall–Kier alpha value is -0.580. The molecule has 0 aliphatic carbocycles. The lowest BCUT2D eigenvalue weighted by Gasteiger charge is -2.36. The van der Waals surface area contributed by atoms with Gasteiger partial charge in [0, 0.05) is 19.0 Å². The zero-order chi connectivity index (χ0) is 12.5. The molecule has 1 aromatic rings. The zero-order valence-electron chi connectivity index (χ0n) is 10.4. The van der Waals surface area contributed by atoms with E-state index in [-0.39, 0.29) is 5.92 Å².